The van der Waals surface area contributed by atoms with Gasteiger partial charge >= 0.3 is 5.97 Å². The molecule has 2 N–H and O–H groups in total. The number of carboxylic acid groups (broad SMARTS) is 1. The first-order chi connectivity index (χ1) is 5.60. The van der Waals surface area contributed by atoms with Gasteiger partial charge in [0, 0.05) is 6.42 Å². The van der Waals surface area contributed by atoms with E-state index in [4.69, 9.17) is 5.11 Å². The van der Waals surface area contributed by atoms with Gasteiger partial charge in [0.15, 0.2) is 0 Å². The molecule has 1 atom stereocenters. The van der Waals surface area contributed by atoms with Gasteiger partial charge in [0.05, 0.1) is 12.5 Å². The minimum Gasteiger partial charge on any atom is -0.481 e. The van der Waals surface area contributed by atoms with Crippen molar-refractivity contribution in [2.24, 2.45) is 0 Å². The van der Waals surface area contributed by atoms with Crippen LogP contribution < -0.4 is 5.32 Å². The van der Waals surface area contributed by atoms with Gasteiger partial charge in [0.2, 0.25) is 5.91 Å². The molecule has 0 bridgehead atoms. The van der Waals surface area contributed by atoms with Crippen LogP contribution in [-0.4, -0.2) is 23.0 Å². The molecule has 0 radical (unpaired) electrons. The molecule has 0 heterocycles. The third-order valence-corrected chi connectivity index (χ3v) is 1.35. The second-order valence-electron chi connectivity index (χ2n) is 2.36. The van der Waals surface area contributed by atoms with Crippen molar-refractivity contribution in [2.45, 2.75) is 25.8 Å². The monoisotopic (exact) mass is 171 g/mol. The van der Waals surface area contributed by atoms with Crippen LogP contribution in [0.25, 0.3) is 0 Å². The summed E-state index contributed by atoms with van der Waals surface area (Å²) in [7, 11) is 0. The Bertz CT molecular complexity index is 189. The molecule has 0 aliphatic carbocycles. The largest absolute Gasteiger partial charge is 0.481 e. The van der Waals surface area contributed by atoms with Gasteiger partial charge in [-0.1, -0.05) is 13.0 Å². The second kappa shape index (κ2) is 5.35. The van der Waals surface area contributed by atoms with Crippen molar-refractivity contribution in [2.75, 3.05) is 0 Å². The van der Waals surface area contributed by atoms with Crippen LogP contribution in [0, 0.1) is 0 Å². The molecule has 0 saturated carbocycles. The Kier molecular flexibility index (Phi) is 4.76. The van der Waals surface area contributed by atoms with Crippen LogP contribution in [-0.2, 0) is 9.59 Å². The highest BCUT2D eigenvalue weighted by molar-refractivity contribution is 5.77. The van der Waals surface area contributed by atoms with Gasteiger partial charge in [-0.25, -0.2) is 0 Å². The number of nitrogens with one attached hydrogen (secondary N) is 1. The SMILES string of the molecule is C=CC(CC(=O)O)NC(=O)CC. The van der Waals surface area contributed by atoms with E-state index in [0.29, 0.717) is 6.42 Å². The van der Waals surface area contributed by atoms with E-state index in [9.17, 15) is 9.59 Å². The molecule has 0 aliphatic rings. The molecule has 0 aromatic carbocycles. The summed E-state index contributed by atoms with van der Waals surface area (Å²) in [6.45, 7) is 5.13. The first-order valence-electron chi connectivity index (χ1n) is 3.73. The summed E-state index contributed by atoms with van der Waals surface area (Å²) in [6.07, 6.45) is 1.65. The Balaban J connectivity index is 3.90. The first kappa shape index (κ1) is 10.7. The molecular weight excluding hydrogens is 158 g/mol. The summed E-state index contributed by atoms with van der Waals surface area (Å²) in [5.74, 6) is -1.11. The van der Waals surface area contributed by atoms with Crippen molar-refractivity contribution in [3.8, 4) is 0 Å². The van der Waals surface area contributed by atoms with Crippen molar-refractivity contribution >= 4 is 11.9 Å². The number of aliphatic carboxylic acids is 1. The Labute approximate surface area is 71.3 Å². The molecule has 12 heavy (non-hydrogen) atoms. The van der Waals surface area contributed by atoms with Gasteiger partial charge in [-0.2, -0.15) is 0 Å². The topological polar surface area (TPSA) is 66.4 Å². The quantitative estimate of drug-likeness (QED) is 0.593. The molecule has 0 rings (SSSR count). The van der Waals surface area contributed by atoms with Gasteiger partial charge in [-0.05, 0) is 0 Å². The summed E-state index contributed by atoms with van der Waals surface area (Å²) >= 11 is 0. The van der Waals surface area contributed by atoms with Crippen LogP contribution in [0.3, 0.4) is 0 Å². The summed E-state index contributed by atoms with van der Waals surface area (Å²) in [5.41, 5.74) is 0. The number of hydrogen-bond acceptors (Lipinski definition) is 2. The number of carboxylic acids is 1. The van der Waals surface area contributed by atoms with Gasteiger partial charge in [0.1, 0.15) is 0 Å². The number of carbonyl (C=O) groups is 2. The summed E-state index contributed by atoms with van der Waals surface area (Å²) < 4.78 is 0. The van der Waals surface area contributed by atoms with Crippen LogP contribution in [0.1, 0.15) is 19.8 Å². The van der Waals surface area contributed by atoms with E-state index in [2.05, 4.69) is 11.9 Å². The molecule has 0 aliphatic heterocycles. The molecule has 0 saturated heterocycles. The van der Waals surface area contributed by atoms with Crippen molar-refractivity contribution in [3.05, 3.63) is 12.7 Å². The average molecular weight is 171 g/mol. The normalized spacial score (nSPS) is 11.8. The molecule has 1 unspecified atom stereocenters. The lowest BCUT2D eigenvalue weighted by atomic mass is 10.2. The zero-order valence-corrected chi connectivity index (χ0v) is 7.04. The molecule has 68 valence electrons. The maximum atomic E-state index is 10.8. The van der Waals surface area contributed by atoms with E-state index in [-0.39, 0.29) is 12.3 Å². The minimum atomic E-state index is -0.948. The lowest BCUT2D eigenvalue weighted by Crippen LogP contribution is -2.34. The Hall–Kier alpha value is -1.32. The molecule has 1 amide bonds. The third-order valence-electron chi connectivity index (χ3n) is 1.35. The summed E-state index contributed by atoms with van der Waals surface area (Å²) in [4.78, 5) is 21.1. The Morgan fingerprint density at radius 1 is 1.67 bits per heavy atom. The van der Waals surface area contributed by atoms with E-state index in [1.165, 1.54) is 6.08 Å². The van der Waals surface area contributed by atoms with E-state index in [0.717, 1.165) is 0 Å². The van der Waals surface area contributed by atoms with Crippen molar-refractivity contribution in [3.63, 3.8) is 0 Å². The van der Waals surface area contributed by atoms with Crippen molar-refractivity contribution < 1.29 is 14.7 Å². The predicted molar refractivity (Wildman–Crippen MR) is 44.7 cm³/mol. The number of hydrogen-bond donors (Lipinski definition) is 2. The van der Waals surface area contributed by atoms with Crippen LogP contribution in [0.5, 0.6) is 0 Å². The summed E-state index contributed by atoms with van der Waals surface area (Å²) in [5, 5.41) is 10.9. The van der Waals surface area contributed by atoms with E-state index in [1.54, 1.807) is 6.92 Å². The number of amides is 1. The van der Waals surface area contributed by atoms with Crippen LogP contribution >= 0.6 is 0 Å². The zero-order chi connectivity index (χ0) is 9.56. The van der Waals surface area contributed by atoms with Crippen molar-refractivity contribution in [1.29, 1.82) is 0 Å². The van der Waals surface area contributed by atoms with Gasteiger partial charge in [0.25, 0.3) is 0 Å². The van der Waals surface area contributed by atoms with Gasteiger partial charge < -0.3 is 10.4 Å². The fraction of sp³-hybridized carbons (Fsp3) is 0.500. The molecule has 4 heteroatoms. The standard InChI is InChI=1S/C8H13NO3/c1-3-6(5-8(11)12)9-7(10)4-2/h3,6H,1,4-5H2,2H3,(H,9,10)(H,11,12). The lowest BCUT2D eigenvalue weighted by molar-refractivity contribution is -0.137. The van der Waals surface area contributed by atoms with E-state index >= 15 is 0 Å². The van der Waals surface area contributed by atoms with Crippen molar-refractivity contribution in [1.82, 2.24) is 5.32 Å². The molecule has 4 nitrogen and oxygen atoms in total. The molecular formula is C8H13NO3. The highest BCUT2D eigenvalue weighted by Crippen LogP contribution is 1.93. The molecule has 0 aromatic heterocycles. The van der Waals surface area contributed by atoms with Crippen LogP contribution in [0.2, 0.25) is 0 Å². The number of rotatable bonds is 5. The second-order valence-corrected chi connectivity index (χ2v) is 2.36. The predicted octanol–water partition coefficient (Wildman–Crippen LogP) is 0.542. The van der Waals surface area contributed by atoms with Crippen LogP contribution in [0.4, 0.5) is 0 Å². The van der Waals surface area contributed by atoms with E-state index in [1.807, 2.05) is 0 Å². The molecule has 0 fully saturated rings. The van der Waals surface area contributed by atoms with Crippen LogP contribution in [0.15, 0.2) is 12.7 Å². The molecule has 0 aromatic rings. The smallest absolute Gasteiger partial charge is 0.305 e. The fourth-order valence-corrected chi connectivity index (χ4v) is 0.690. The zero-order valence-electron chi connectivity index (χ0n) is 7.04. The molecule has 0 spiro atoms. The minimum absolute atomic E-state index is 0.116. The summed E-state index contributed by atoms with van der Waals surface area (Å²) in [6, 6.07) is -0.463. The highest BCUT2D eigenvalue weighted by atomic mass is 16.4. The Morgan fingerprint density at radius 2 is 2.25 bits per heavy atom. The highest BCUT2D eigenvalue weighted by Gasteiger charge is 2.10. The van der Waals surface area contributed by atoms with Gasteiger partial charge in [-0.15, -0.1) is 6.58 Å². The average Bonchev–Trinajstić information content (AvgIpc) is 2.02. The van der Waals surface area contributed by atoms with E-state index < -0.39 is 12.0 Å². The lowest BCUT2D eigenvalue weighted by Gasteiger charge is -2.10. The number of carbonyl (C=O) groups excluding carboxylic acids is 1. The third kappa shape index (κ3) is 4.49. The first-order valence-corrected chi connectivity index (χ1v) is 3.73. The maximum absolute atomic E-state index is 10.8. The Morgan fingerprint density at radius 3 is 2.58 bits per heavy atom. The van der Waals surface area contributed by atoms with Gasteiger partial charge in [-0.3, -0.25) is 9.59 Å². The fourth-order valence-electron chi connectivity index (χ4n) is 0.690. The maximum Gasteiger partial charge on any atom is 0.305 e.